The third kappa shape index (κ3) is 3.33. The Labute approximate surface area is 117 Å². The number of rotatable bonds is 5. The van der Waals surface area contributed by atoms with E-state index >= 15 is 0 Å². The summed E-state index contributed by atoms with van der Waals surface area (Å²) in [7, 11) is 0. The Morgan fingerprint density at radius 2 is 2.06 bits per heavy atom. The van der Waals surface area contributed by atoms with Crippen LogP contribution in [0.1, 0.15) is 18.9 Å². The highest BCUT2D eigenvalue weighted by molar-refractivity contribution is 9.10. The first-order valence-electron chi connectivity index (χ1n) is 6.45. The molecule has 0 radical (unpaired) electrons. The SMILES string of the molecule is CCCN(C(=O)Cc1ccc(Br)cc1)C1CNC1. The average molecular weight is 311 g/mol. The molecular weight excluding hydrogens is 292 g/mol. The van der Waals surface area contributed by atoms with Crippen molar-refractivity contribution < 1.29 is 4.79 Å². The van der Waals surface area contributed by atoms with E-state index in [1.807, 2.05) is 29.2 Å². The van der Waals surface area contributed by atoms with Crippen LogP contribution in [-0.4, -0.2) is 36.5 Å². The van der Waals surface area contributed by atoms with Gasteiger partial charge in [0.05, 0.1) is 12.5 Å². The maximum atomic E-state index is 12.3. The van der Waals surface area contributed by atoms with Crippen LogP contribution in [0.2, 0.25) is 0 Å². The molecule has 0 atom stereocenters. The molecule has 0 spiro atoms. The fraction of sp³-hybridized carbons (Fsp3) is 0.500. The van der Waals surface area contributed by atoms with Crippen LogP contribution in [0, 0.1) is 0 Å². The van der Waals surface area contributed by atoms with Gasteiger partial charge in [0.2, 0.25) is 5.91 Å². The van der Waals surface area contributed by atoms with Crippen molar-refractivity contribution in [2.45, 2.75) is 25.8 Å². The fourth-order valence-corrected chi connectivity index (χ4v) is 2.39. The number of benzene rings is 1. The molecule has 1 aliphatic heterocycles. The van der Waals surface area contributed by atoms with Crippen LogP contribution in [0.25, 0.3) is 0 Å². The molecule has 0 aromatic heterocycles. The predicted molar refractivity (Wildman–Crippen MR) is 76.5 cm³/mol. The lowest BCUT2D eigenvalue weighted by atomic mass is 10.1. The minimum atomic E-state index is 0.241. The van der Waals surface area contributed by atoms with Gasteiger partial charge in [-0.25, -0.2) is 0 Å². The van der Waals surface area contributed by atoms with Crippen LogP contribution >= 0.6 is 15.9 Å². The summed E-state index contributed by atoms with van der Waals surface area (Å²) in [5.74, 6) is 0.241. The Morgan fingerprint density at radius 3 is 2.56 bits per heavy atom. The Kier molecular flexibility index (Phi) is 4.78. The third-order valence-electron chi connectivity index (χ3n) is 3.25. The molecule has 1 amide bonds. The van der Waals surface area contributed by atoms with Gasteiger partial charge in [0, 0.05) is 24.1 Å². The van der Waals surface area contributed by atoms with E-state index in [2.05, 4.69) is 28.2 Å². The number of nitrogens with one attached hydrogen (secondary N) is 1. The van der Waals surface area contributed by atoms with Gasteiger partial charge in [0.25, 0.3) is 0 Å². The highest BCUT2D eigenvalue weighted by Gasteiger charge is 2.27. The second-order valence-electron chi connectivity index (χ2n) is 4.70. The normalized spacial score (nSPS) is 15.2. The number of hydrogen-bond donors (Lipinski definition) is 1. The molecule has 1 aliphatic rings. The van der Waals surface area contributed by atoms with Gasteiger partial charge in [-0.15, -0.1) is 0 Å². The van der Waals surface area contributed by atoms with Gasteiger partial charge in [0.15, 0.2) is 0 Å². The Hall–Kier alpha value is -0.870. The van der Waals surface area contributed by atoms with Gasteiger partial charge < -0.3 is 10.2 Å². The first kappa shape index (κ1) is 13.6. The van der Waals surface area contributed by atoms with Crippen LogP contribution in [0.15, 0.2) is 28.7 Å². The Balaban J connectivity index is 1.97. The average Bonchev–Trinajstić information content (AvgIpc) is 2.29. The minimum absolute atomic E-state index is 0.241. The summed E-state index contributed by atoms with van der Waals surface area (Å²) in [5.41, 5.74) is 1.08. The summed E-state index contributed by atoms with van der Waals surface area (Å²) in [5, 5.41) is 3.23. The summed E-state index contributed by atoms with van der Waals surface area (Å²) < 4.78 is 1.05. The van der Waals surface area contributed by atoms with Crippen molar-refractivity contribution in [3.05, 3.63) is 34.3 Å². The molecule has 1 heterocycles. The topological polar surface area (TPSA) is 32.3 Å². The molecule has 3 nitrogen and oxygen atoms in total. The Morgan fingerprint density at radius 1 is 1.39 bits per heavy atom. The van der Waals surface area contributed by atoms with Crippen LogP contribution in [0.5, 0.6) is 0 Å². The van der Waals surface area contributed by atoms with Crippen LogP contribution in [0.3, 0.4) is 0 Å². The molecule has 4 heteroatoms. The molecular formula is C14H19BrN2O. The van der Waals surface area contributed by atoms with Gasteiger partial charge >= 0.3 is 0 Å². The largest absolute Gasteiger partial charge is 0.337 e. The third-order valence-corrected chi connectivity index (χ3v) is 3.78. The zero-order valence-electron chi connectivity index (χ0n) is 10.7. The summed E-state index contributed by atoms with van der Waals surface area (Å²) in [6.07, 6.45) is 1.52. The van der Waals surface area contributed by atoms with Gasteiger partial charge in [0.1, 0.15) is 0 Å². The van der Waals surface area contributed by atoms with Crippen LogP contribution in [0.4, 0.5) is 0 Å². The molecule has 0 bridgehead atoms. The van der Waals surface area contributed by atoms with Crippen molar-refractivity contribution in [3.8, 4) is 0 Å². The molecule has 1 fully saturated rings. The van der Waals surface area contributed by atoms with Crippen molar-refractivity contribution in [1.82, 2.24) is 10.2 Å². The molecule has 1 N–H and O–H groups in total. The van der Waals surface area contributed by atoms with Crippen molar-refractivity contribution in [2.75, 3.05) is 19.6 Å². The van der Waals surface area contributed by atoms with Gasteiger partial charge in [-0.2, -0.15) is 0 Å². The number of amides is 1. The van der Waals surface area contributed by atoms with E-state index in [0.29, 0.717) is 12.5 Å². The number of nitrogens with zero attached hydrogens (tertiary/aromatic N) is 1. The van der Waals surface area contributed by atoms with Gasteiger partial charge in [-0.1, -0.05) is 35.0 Å². The summed E-state index contributed by atoms with van der Waals surface area (Å²) in [6, 6.07) is 8.37. The lowest BCUT2D eigenvalue weighted by Gasteiger charge is -2.38. The maximum absolute atomic E-state index is 12.3. The van der Waals surface area contributed by atoms with Crippen molar-refractivity contribution in [1.29, 1.82) is 0 Å². The predicted octanol–water partition coefficient (Wildman–Crippen LogP) is 2.20. The van der Waals surface area contributed by atoms with E-state index in [1.54, 1.807) is 0 Å². The molecule has 1 saturated heterocycles. The molecule has 0 aliphatic carbocycles. The molecule has 0 unspecified atom stereocenters. The van der Waals surface area contributed by atoms with Crippen molar-refractivity contribution >= 4 is 21.8 Å². The zero-order valence-corrected chi connectivity index (χ0v) is 12.2. The van der Waals surface area contributed by atoms with E-state index in [4.69, 9.17) is 0 Å². The number of carbonyl (C=O) groups is 1. The second-order valence-corrected chi connectivity index (χ2v) is 5.62. The highest BCUT2D eigenvalue weighted by atomic mass is 79.9. The molecule has 18 heavy (non-hydrogen) atoms. The zero-order chi connectivity index (χ0) is 13.0. The van der Waals surface area contributed by atoms with E-state index in [9.17, 15) is 4.79 Å². The maximum Gasteiger partial charge on any atom is 0.227 e. The van der Waals surface area contributed by atoms with E-state index < -0.39 is 0 Å². The Bertz CT molecular complexity index is 401. The summed E-state index contributed by atoms with van der Waals surface area (Å²) in [6.45, 7) is 4.85. The van der Waals surface area contributed by atoms with Crippen molar-refractivity contribution in [2.24, 2.45) is 0 Å². The number of hydrogen-bond acceptors (Lipinski definition) is 2. The standard InChI is InChI=1S/C14H19BrN2O/c1-2-7-17(13-9-16-10-13)14(18)8-11-3-5-12(15)6-4-11/h3-6,13,16H,2,7-10H2,1H3. The lowest BCUT2D eigenvalue weighted by molar-refractivity contribution is -0.133. The monoisotopic (exact) mass is 310 g/mol. The van der Waals surface area contributed by atoms with Gasteiger partial charge in [-0.05, 0) is 24.1 Å². The van der Waals surface area contributed by atoms with Gasteiger partial charge in [-0.3, -0.25) is 4.79 Å². The molecule has 1 aromatic rings. The second kappa shape index (κ2) is 6.34. The molecule has 0 saturated carbocycles. The lowest BCUT2D eigenvalue weighted by Crippen LogP contribution is -2.59. The molecule has 98 valence electrons. The fourth-order valence-electron chi connectivity index (χ4n) is 2.12. The first-order valence-corrected chi connectivity index (χ1v) is 7.24. The highest BCUT2D eigenvalue weighted by Crippen LogP contribution is 2.13. The van der Waals surface area contributed by atoms with Crippen LogP contribution < -0.4 is 5.32 Å². The first-order chi connectivity index (χ1) is 8.70. The quantitative estimate of drug-likeness (QED) is 0.904. The van der Waals surface area contributed by atoms with Crippen molar-refractivity contribution in [3.63, 3.8) is 0 Å². The van der Waals surface area contributed by atoms with E-state index in [1.165, 1.54) is 0 Å². The number of halogens is 1. The minimum Gasteiger partial charge on any atom is -0.337 e. The molecule has 2 rings (SSSR count). The summed E-state index contributed by atoms with van der Waals surface area (Å²) >= 11 is 3.41. The molecule has 1 aromatic carbocycles. The van der Waals surface area contributed by atoms with E-state index in [-0.39, 0.29) is 5.91 Å². The smallest absolute Gasteiger partial charge is 0.227 e. The van der Waals surface area contributed by atoms with E-state index in [0.717, 1.165) is 36.1 Å². The number of carbonyl (C=O) groups excluding carboxylic acids is 1. The van der Waals surface area contributed by atoms with Crippen LogP contribution in [-0.2, 0) is 11.2 Å². The summed E-state index contributed by atoms with van der Waals surface area (Å²) in [4.78, 5) is 14.3.